The third kappa shape index (κ3) is 7.49. The first-order chi connectivity index (χ1) is 12.7. The molecule has 1 saturated carbocycles. The minimum absolute atomic E-state index is 0.278. The predicted octanol–water partition coefficient (Wildman–Crippen LogP) is 4.53. The lowest BCUT2D eigenvalue weighted by Gasteiger charge is -2.20. The van der Waals surface area contributed by atoms with Crippen LogP contribution < -0.4 is 5.32 Å². The summed E-state index contributed by atoms with van der Waals surface area (Å²) >= 11 is 1.35. The number of hydrogen-bond acceptors (Lipinski definition) is 5. The smallest absolute Gasteiger partial charge is 0.306 e. The molecule has 1 N–H and O–H groups in total. The van der Waals surface area contributed by atoms with Crippen molar-refractivity contribution in [2.45, 2.75) is 56.3 Å². The zero-order chi connectivity index (χ0) is 18.6. The number of thioether (sulfide) groups is 1. The molecule has 0 atom stereocenters. The summed E-state index contributed by atoms with van der Waals surface area (Å²) in [5.41, 5.74) is 0.631. The number of carbonyl (C=O) groups excluding carboxylic acids is 2. The summed E-state index contributed by atoms with van der Waals surface area (Å²) in [6, 6.07) is 9.33. The summed E-state index contributed by atoms with van der Waals surface area (Å²) in [6.45, 7) is -0.278. The van der Waals surface area contributed by atoms with Crippen LogP contribution in [0.25, 0.3) is 0 Å². The molecule has 0 aliphatic heterocycles. The van der Waals surface area contributed by atoms with Gasteiger partial charge in [0.2, 0.25) is 0 Å². The highest BCUT2D eigenvalue weighted by molar-refractivity contribution is 7.99. The molecule has 1 aromatic rings. The molecule has 1 aliphatic carbocycles. The Morgan fingerprint density at radius 1 is 1.23 bits per heavy atom. The first kappa shape index (κ1) is 20.3. The minimum Gasteiger partial charge on any atom is -0.456 e. The molecule has 0 aromatic heterocycles. The van der Waals surface area contributed by atoms with Gasteiger partial charge < -0.3 is 10.1 Å². The van der Waals surface area contributed by atoms with E-state index in [9.17, 15) is 9.59 Å². The molecule has 1 fully saturated rings. The molecule has 1 aliphatic rings. The first-order valence-electron chi connectivity index (χ1n) is 9.23. The monoisotopic (exact) mass is 374 g/mol. The Kier molecular flexibility index (Phi) is 9.05. The molecule has 0 radical (unpaired) electrons. The largest absolute Gasteiger partial charge is 0.456 e. The fourth-order valence-electron chi connectivity index (χ4n) is 3.22. The fraction of sp³-hybridized carbons (Fsp3) is 0.550. The molecule has 26 heavy (non-hydrogen) atoms. The molecule has 0 saturated heterocycles. The van der Waals surface area contributed by atoms with Crippen molar-refractivity contribution in [2.75, 3.05) is 17.7 Å². The average molecular weight is 375 g/mol. The van der Waals surface area contributed by atoms with Gasteiger partial charge in [0, 0.05) is 11.3 Å². The van der Waals surface area contributed by atoms with E-state index in [0.717, 1.165) is 23.7 Å². The lowest BCUT2D eigenvalue weighted by atomic mass is 9.86. The minimum atomic E-state index is -0.365. The maximum Gasteiger partial charge on any atom is 0.306 e. The molecule has 6 heteroatoms. The SMILES string of the molecule is N#CCSc1ccccc1NC(=O)COC(=O)CCCC1CCCCC1. The quantitative estimate of drug-likeness (QED) is 0.507. The van der Waals surface area contributed by atoms with Gasteiger partial charge >= 0.3 is 5.97 Å². The number of hydrogen-bond donors (Lipinski definition) is 1. The van der Waals surface area contributed by atoms with E-state index in [1.54, 1.807) is 6.07 Å². The van der Waals surface area contributed by atoms with E-state index in [0.29, 0.717) is 17.9 Å². The van der Waals surface area contributed by atoms with E-state index in [2.05, 4.69) is 11.4 Å². The van der Waals surface area contributed by atoms with Crippen LogP contribution in [0.4, 0.5) is 5.69 Å². The number of nitrogens with zero attached hydrogens (tertiary/aromatic N) is 1. The van der Waals surface area contributed by atoms with E-state index in [1.165, 1.54) is 43.9 Å². The maximum atomic E-state index is 12.0. The summed E-state index contributed by atoms with van der Waals surface area (Å²) in [6.07, 6.45) is 8.79. The highest BCUT2D eigenvalue weighted by Crippen LogP contribution is 2.28. The number of ether oxygens (including phenoxy) is 1. The molecule has 0 unspecified atom stereocenters. The van der Waals surface area contributed by atoms with E-state index in [1.807, 2.05) is 18.2 Å². The summed E-state index contributed by atoms with van der Waals surface area (Å²) in [7, 11) is 0. The number of amides is 1. The number of esters is 1. The van der Waals surface area contributed by atoms with Gasteiger partial charge in [-0.2, -0.15) is 5.26 Å². The second kappa shape index (κ2) is 11.6. The number of rotatable bonds is 9. The van der Waals surface area contributed by atoms with Crippen LogP contribution in [0, 0.1) is 17.2 Å². The Balaban J connectivity index is 1.66. The van der Waals surface area contributed by atoms with Crippen molar-refractivity contribution in [1.29, 1.82) is 5.26 Å². The van der Waals surface area contributed by atoms with Crippen LogP contribution in [0.3, 0.4) is 0 Å². The third-order valence-electron chi connectivity index (χ3n) is 4.54. The number of carbonyl (C=O) groups is 2. The second-order valence-corrected chi connectivity index (χ2v) is 7.57. The van der Waals surface area contributed by atoms with Crippen molar-refractivity contribution in [3.8, 4) is 6.07 Å². The molecule has 1 aromatic carbocycles. The highest BCUT2D eigenvalue weighted by atomic mass is 32.2. The molecule has 2 rings (SSSR count). The van der Waals surface area contributed by atoms with Gasteiger partial charge in [-0.15, -0.1) is 11.8 Å². The molecular weight excluding hydrogens is 348 g/mol. The number of para-hydroxylation sites is 1. The van der Waals surface area contributed by atoms with Gasteiger partial charge in [-0.25, -0.2) is 0 Å². The molecule has 140 valence electrons. The van der Waals surface area contributed by atoms with Crippen molar-refractivity contribution >= 4 is 29.3 Å². The molecule has 0 bridgehead atoms. The van der Waals surface area contributed by atoms with Gasteiger partial charge in [0.1, 0.15) is 0 Å². The molecular formula is C20H26N2O3S. The van der Waals surface area contributed by atoms with Gasteiger partial charge in [-0.3, -0.25) is 9.59 Å². The summed E-state index contributed by atoms with van der Waals surface area (Å²) in [5, 5.41) is 11.4. The Labute approximate surface area is 159 Å². The Morgan fingerprint density at radius 3 is 2.77 bits per heavy atom. The lowest BCUT2D eigenvalue weighted by molar-refractivity contribution is -0.147. The zero-order valence-electron chi connectivity index (χ0n) is 15.0. The van der Waals surface area contributed by atoms with Crippen LogP contribution in [-0.2, 0) is 14.3 Å². The fourth-order valence-corrected chi connectivity index (χ4v) is 3.89. The van der Waals surface area contributed by atoms with Crippen molar-refractivity contribution in [3.63, 3.8) is 0 Å². The van der Waals surface area contributed by atoms with Crippen LogP contribution in [-0.4, -0.2) is 24.2 Å². The van der Waals surface area contributed by atoms with Crippen LogP contribution in [0.15, 0.2) is 29.2 Å². The van der Waals surface area contributed by atoms with E-state index >= 15 is 0 Å². The van der Waals surface area contributed by atoms with Crippen molar-refractivity contribution in [2.24, 2.45) is 5.92 Å². The molecule has 0 spiro atoms. The normalized spacial score (nSPS) is 14.4. The Morgan fingerprint density at radius 2 is 2.00 bits per heavy atom. The van der Waals surface area contributed by atoms with E-state index in [-0.39, 0.29) is 18.5 Å². The number of benzene rings is 1. The lowest BCUT2D eigenvalue weighted by Crippen LogP contribution is -2.21. The topological polar surface area (TPSA) is 79.2 Å². The summed E-state index contributed by atoms with van der Waals surface area (Å²) in [5.74, 6) is 0.379. The third-order valence-corrected chi connectivity index (χ3v) is 5.48. The second-order valence-electron chi connectivity index (χ2n) is 6.55. The molecule has 0 heterocycles. The van der Waals surface area contributed by atoms with Crippen LogP contribution >= 0.6 is 11.8 Å². The van der Waals surface area contributed by atoms with E-state index in [4.69, 9.17) is 10.00 Å². The van der Waals surface area contributed by atoms with Crippen molar-refractivity contribution in [3.05, 3.63) is 24.3 Å². The number of nitriles is 1. The van der Waals surface area contributed by atoms with Gasteiger partial charge in [0.15, 0.2) is 6.61 Å². The van der Waals surface area contributed by atoms with Gasteiger partial charge in [0.05, 0.1) is 17.5 Å². The van der Waals surface area contributed by atoms with Gasteiger partial charge in [-0.1, -0.05) is 44.2 Å². The van der Waals surface area contributed by atoms with E-state index < -0.39 is 0 Å². The van der Waals surface area contributed by atoms with Crippen LogP contribution in [0.1, 0.15) is 51.4 Å². The predicted molar refractivity (Wildman–Crippen MR) is 103 cm³/mol. The average Bonchev–Trinajstić information content (AvgIpc) is 2.66. The number of nitrogens with one attached hydrogen (secondary N) is 1. The molecule has 1 amide bonds. The van der Waals surface area contributed by atoms with Gasteiger partial charge in [0.25, 0.3) is 5.91 Å². The van der Waals surface area contributed by atoms with Crippen LogP contribution in [0.2, 0.25) is 0 Å². The molecule has 5 nitrogen and oxygen atoms in total. The Bertz CT molecular complexity index is 636. The zero-order valence-corrected chi connectivity index (χ0v) is 15.9. The standard InChI is InChI=1S/C20H26N2O3S/c21-13-14-26-18-11-5-4-10-17(18)22-19(23)15-25-20(24)12-6-9-16-7-2-1-3-8-16/h4-5,10-11,16H,1-3,6-9,12,14-15H2,(H,22,23). The highest BCUT2D eigenvalue weighted by Gasteiger charge is 2.14. The van der Waals surface area contributed by atoms with Gasteiger partial charge in [-0.05, 0) is 30.9 Å². The van der Waals surface area contributed by atoms with Crippen LogP contribution in [0.5, 0.6) is 0 Å². The van der Waals surface area contributed by atoms with Crippen molar-refractivity contribution < 1.29 is 14.3 Å². The first-order valence-corrected chi connectivity index (χ1v) is 10.2. The van der Waals surface area contributed by atoms with Crippen molar-refractivity contribution in [1.82, 2.24) is 0 Å². The summed E-state index contributed by atoms with van der Waals surface area (Å²) < 4.78 is 5.08. The maximum absolute atomic E-state index is 12.0. The number of anilines is 1. The Hall–Kier alpha value is -2.00. The summed E-state index contributed by atoms with van der Waals surface area (Å²) in [4.78, 5) is 24.6.